The summed E-state index contributed by atoms with van der Waals surface area (Å²) >= 11 is 0.959. The Morgan fingerprint density at radius 1 is 1.32 bits per heavy atom. The van der Waals surface area contributed by atoms with E-state index >= 15 is 0 Å². The third-order valence-electron chi connectivity index (χ3n) is 3.95. The van der Waals surface area contributed by atoms with Crippen LogP contribution in [0.1, 0.15) is 11.5 Å². The van der Waals surface area contributed by atoms with Gasteiger partial charge in [-0.25, -0.2) is 8.42 Å². The highest BCUT2D eigenvalue weighted by Gasteiger charge is 2.29. The van der Waals surface area contributed by atoms with Crippen molar-refractivity contribution in [3.8, 4) is 0 Å². The van der Waals surface area contributed by atoms with Crippen LogP contribution in [0.4, 0.5) is 10.7 Å². The molecular weight excluding hydrogens is 368 g/mol. The molecule has 1 fully saturated rings. The second-order valence-electron chi connectivity index (χ2n) is 5.98. The van der Waals surface area contributed by atoms with Crippen molar-refractivity contribution in [1.29, 1.82) is 0 Å². The second-order valence-corrected chi connectivity index (χ2v) is 9.26. The molecular formula is C14H18N4O5S2. The van der Waals surface area contributed by atoms with Gasteiger partial charge in [-0.1, -0.05) is 16.5 Å². The zero-order valence-corrected chi connectivity index (χ0v) is 15.5. The van der Waals surface area contributed by atoms with Crippen molar-refractivity contribution in [3.63, 3.8) is 0 Å². The Morgan fingerprint density at radius 3 is 2.52 bits per heavy atom. The summed E-state index contributed by atoms with van der Waals surface area (Å²) in [5.41, 5.74) is 0.681. The fraction of sp³-hybridized carbons (Fsp3) is 0.500. The molecule has 25 heavy (non-hydrogen) atoms. The van der Waals surface area contributed by atoms with E-state index in [1.807, 2.05) is 17.9 Å². The third-order valence-corrected chi connectivity index (χ3v) is 6.94. The smallest absolute Gasteiger partial charge is 0.305 e. The minimum absolute atomic E-state index is 0.0220. The highest BCUT2D eigenvalue weighted by atomic mass is 32.2. The van der Waals surface area contributed by atoms with Crippen LogP contribution in [-0.4, -0.2) is 55.8 Å². The van der Waals surface area contributed by atoms with E-state index in [1.54, 1.807) is 0 Å². The molecule has 3 rings (SSSR count). The monoisotopic (exact) mass is 386 g/mol. The van der Waals surface area contributed by atoms with Crippen LogP contribution in [0.3, 0.4) is 0 Å². The Hall–Kier alpha value is -1.98. The van der Waals surface area contributed by atoms with Gasteiger partial charge in [0.1, 0.15) is 4.21 Å². The van der Waals surface area contributed by atoms with Crippen molar-refractivity contribution in [2.24, 2.45) is 0 Å². The van der Waals surface area contributed by atoms with E-state index in [4.69, 9.17) is 4.52 Å². The van der Waals surface area contributed by atoms with Crippen LogP contribution in [0.5, 0.6) is 0 Å². The maximum absolute atomic E-state index is 11.7. The predicted octanol–water partition coefficient (Wildman–Crippen LogP) is 1.68. The van der Waals surface area contributed by atoms with E-state index in [9.17, 15) is 18.5 Å². The van der Waals surface area contributed by atoms with Gasteiger partial charge >= 0.3 is 5.69 Å². The van der Waals surface area contributed by atoms with Gasteiger partial charge in [0.15, 0.2) is 20.6 Å². The standard InChI is InChI=1S/C14H18N4O5S2/c1-10-7-11(23-15-10)9-16-3-5-17(6-4-16)14-12(18(19)20)8-13(24-14)25(2,21)22/h7-8H,3-6,9H2,1-2H3. The lowest BCUT2D eigenvalue weighted by Gasteiger charge is -2.34. The van der Waals surface area contributed by atoms with Crippen LogP contribution in [0, 0.1) is 17.0 Å². The van der Waals surface area contributed by atoms with Crippen molar-refractivity contribution >= 4 is 31.9 Å². The molecule has 1 aliphatic heterocycles. The number of anilines is 1. The summed E-state index contributed by atoms with van der Waals surface area (Å²) in [6, 6.07) is 3.04. The molecule has 0 N–H and O–H groups in total. The van der Waals surface area contributed by atoms with Crippen molar-refractivity contribution in [3.05, 3.63) is 33.7 Å². The lowest BCUT2D eigenvalue weighted by atomic mass is 10.3. The topological polar surface area (TPSA) is 110 Å². The summed E-state index contributed by atoms with van der Waals surface area (Å²) in [6.45, 7) is 5.05. The highest BCUT2D eigenvalue weighted by molar-refractivity contribution is 7.92. The number of rotatable bonds is 5. The van der Waals surface area contributed by atoms with E-state index in [0.717, 1.165) is 35.1 Å². The molecule has 0 bridgehead atoms. The number of sulfone groups is 1. The van der Waals surface area contributed by atoms with Crippen LogP contribution >= 0.6 is 11.3 Å². The zero-order valence-electron chi connectivity index (χ0n) is 13.8. The Bertz CT molecular complexity index is 881. The van der Waals surface area contributed by atoms with Gasteiger partial charge in [0.2, 0.25) is 0 Å². The SMILES string of the molecule is Cc1cc(CN2CCN(c3sc(S(C)(=O)=O)cc3[N+](=O)[O-])CC2)on1. The first kappa shape index (κ1) is 17.8. The lowest BCUT2D eigenvalue weighted by Crippen LogP contribution is -2.45. The van der Waals surface area contributed by atoms with Crippen molar-refractivity contribution in [2.75, 3.05) is 37.3 Å². The summed E-state index contributed by atoms with van der Waals surface area (Å²) in [6.07, 6.45) is 1.06. The van der Waals surface area contributed by atoms with Crippen LogP contribution < -0.4 is 4.90 Å². The summed E-state index contributed by atoms with van der Waals surface area (Å²) in [5.74, 6) is 0.785. The predicted molar refractivity (Wildman–Crippen MR) is 92.8 cm³/mol. The van der Waals surface area contributed by atoms with Crippen molar-refractivity contribution < 1.29 is 17.9 Å². The molecule has 0 aromatic carbocycles. The third kappa shape index (κ3) is 3.99. The molecule has 0 atom stereocenters. The molecule has 11 heteroatoms. The quantitative estimate of drug-likeness (QED) is 0.564. The van der Waals surface area contributed by atoms with Gasteiger partial charge in [0.05, 0.1) is 17.2 Å². The van der Waals surface area contributed by atoms with Gasteiger partial charge in [-0.3, -0.25) is 15.0 Å². The molecule has 0 unspecified atom stereocenters. The van der Waals surface area contributed by atoms with Crippen molar-refractivity contribution in [1.82, 2.24) is 10.1 Å². The van der Waals surface area contributed by atoms with E-state index in [2.05, 4.69) is 10.1 Å². The molecule has 0 saturated carbocycles. The average molecular weight is 386 g/mol. The van der Waals surface area contributed by atoms with Crippen LogP contribution in [0.15, 0.2) is 20.9 Å². The molecule has 0 amide bonds. The van der Waals surface area contributed by atoms with Gasteiger partial charge in [0, 0.05) is 44.6 Å². The molecule has 3 heterocycles. The van der Waals surface area contributed by atoms with Gasteiger partial charge in [-0.15, -0.1) is 0 Å². The molecule has 0 aliphatic carbocycles. The second kappa shape index (κ2) is 6.73. The van der Waals surface area contributed by atoms with Gasteiger partial charge in [0.25, 0.3) is 0 Å². The summed E-state index contributed by atoms with van der Waals surface area (Å²) < 4.78 is 28.6. The Kier molecular flexibility index (Phi) is 4.80. The van der Waals surface area contributed by atoms with Crippen LogP contribution in [0.2, 0.25) is 0 Å². The zero-order chi connectivity index (χ0) is 18.2. The number of nitro groups is 1. The molecule has 1 aliphatic rings. The summed E-state index contributed by atoms with van der Waals surface area (Å²) in [5, 5.41) is 15.5. The summed E-state index contributed by atoms with van der Waals surface area (Å²) in [7, 11) is -3.47. The maximum atomic E-state index is 11.7. The highest BCUT2D eigenvalue weighted by Crippen LogP contribution is 2.40. The van der Waals surface area contributed by atoms with Crippen LogP contribution in [-0.2, 0) is 16.4 Å². The molecule has 0 radical (unpaired) electrons. The van der Waals surface area contributed by atoms with Gasteiger partial charge in [-0.2, -0.15) is 0 Å². The lowest BCUT2D eigenvalue weighted by molar-refractivity contribution is -0.383. The Morgan fingerprint density at radius 2 is 2.00 bits per heavy atom. The first-order chi connectivity index (χ1) is 11.7. The largest absolute Gasteiger partial charge is 0.360 e. The molecule has 1 saturated heterocycles. The number of aryl methyl sites for hydroxylation is 1. The number of piperazine rings is 1. The number of hydrogen-bond donors (Lipinski definition) is 0. The first-order valence-corrected chi connectivity index (χ1v) is 10.3. The number of aromatic nitrogens is 1. The number of hydrogen-bond acceptors (Lipinski definition) is 9. The number of nitrogens with zero attached hydrogens (tertiary/aromatic N) is 4. The normalized spacial score (nSPS) is 16.3. The van der Waals surface area contributed by atoms with E-state index < -0.39 is 14.8 Å². The fourth-order valence-electron chi connectivity index (χ4n) is 2.71. The minimum Gasteiger partial charge on any atom is -0.360 e. The van der Waals surface area contributed by atoms with Gasteiger partial charge in [-0.05, 0) is 6.92 Å². The summed E-state index contributed by atoms with van der Waals surface area (Å²) in [4.78, 5) is 14.8. The van der Waals surface area contributed by atoms with Crippen molar-refractivity contribution in [2.45, 2.75) is 17.7 Å². The molecule has 9 nitrogen and oxygen atoms in total. The van der Waals surface area contributed by atoms with E-state index in [1.165, 1.54) is 0 Å². The maximum Gasteiger partial charge on any atom is 0.305 e. The molecule has 0 spiro atoms. The molecule has 2 aromatic rings. The number of thiophene rings is 1. The van der Waals surface area contributed by atoms with Crippen LogP contribution in [0.25, 0.3) is 0 Å². The molecule has 136 valence electrons. The van der Waals surface area contributed by atoms with E-state index in [0.29, 0.717) is 37.7 Å². The Balaban J connectivity index is 1.72. The minimum atomic E-state index is -3.47. The fourth-order valence-corrected chi connectivity index (χ4v) is 4.79. The van der Waals surface area contributed by atoms with Gasteiger partial charge < -0.3 is 9.42 Å². The average Bonchev–Trinajstić information content (AvgIpc) is 3.14. The Labute approximate surface area is 148 Å². The van der Waals surface area contributed by atoms with E-state index in [-0.39, 0.29) is 9.90 Å². The molecule has 2 aromatic heterocycles. The first-order valence-electron chi connectivity index (χ1n) is 7.62.